The molecular formula is C13H21NO6P+. The first-order chi connectivity index (χ1) is 9.65. The number of benzene rings is 1. The van der Waals surface area contributed by atoms with Gasteiger partial charge in [-0.25, -0.2) is 9.36 Å². The van der Waals surface area contributed by atoms with E-state index in [0.29, 0.717) is 11.0 Å². The SMILES string of the molecule is COP(=O)(OCC[N+](C)(C)C)Oc1ccc(C(=O)O)cc1. The lowest BCUT2D eigenvalue weighted by Crippen LogP contribution is -2.37. The van der Waals surface area contributed by atoms with Gasteiger partial charge in [-0.15, -0.1) is 0 Å². The van der Waals surface area contributed by atoms with Gasteiger partial charge < -0.3 is 14.1 Å². The number of phosphoric acid groups is 1. The molecule has 1 N–H and O–H groups in total. The van der Waals surface area contributed by atoms with Gasteiger partial charge >= 0.3 is 13.8 Å². The van der Waals surface area contributed by atoms with Gasteiger partial charge in [0.2, 0.25) is 0 Å². The van der Waals surface area contributed by atoms with Crippen LogP contribution in [-0.4, -0.2) is 57.0 Å². The zero-order valence-electron chi connectivity index (χ0n) is 12.6. The number of hydrogen-bond acceptors (Lipinski definition) is 5. The molecule has 1 rings (SSSR count). The molecule has 1 atom stereocenters. The summed E-state index contributed by atoms with van der Waals surface area (Å²) in [4.78, 5) is 10.7. The zero-order chi connectivity index (χ0) is 16.1. The molecule has 21 heavy (non-hydrogen) atoms. The number of likely N-dealkylation sites (N-methyl/N-ethyl adjacent to an activating group) is 1. The maximum atomic E-state index is 12.3. The van der Waals surface area contributed by atoms with Crippen LogP contribution in [-0.2, 0) is 13.6 Å². The predicted octanol–water partition coefficient (Wildman–Crippen LogP) is 2.24. The Morgan fingerprint density at radius 2 is 1.81 bits per heavy atom. The topological polar surface area (TPSA) is 82.1 Å². The van der Waals surface area contributed by atoms with Gasteiger partial charge in [0.15, 0.2) is 0 Å². The molecule has 8 heteroatoms. The molecule has 0 aliphatic heterocycles. The molecule has 0 heterocycles. The van der Waals surface area contributed by atoms with Crippen LogP contribution < -0.4 is 4.52 Å². The van der Waals surface area contributed by atoms with Crippen LogP contribution in [0.3, 0.4) is 0 Å². The van der Waals surface area contributed by atoms with Crippen molar-refractivity contribution in [2.45, 2.75) is 0 Å². The van der Waals surface area contributed by atoms with Gasteiger partial charge in [-0.2, -0.15) is 0 Å². The first-order valence-corrected chi connectivity index (χ1v) is 7.75. The van der Waals surface area contributed by atoms with E-state index in [0.717, 1.165) is 0 Å². The summed E-state index contributed by atoms with van der Waals surface area (Å²) in [5.74, 6) is -0.828. The third-order valence-electron chi connectivity index (χ3n) is 2.55. The highest BCUT2D eigenvalue weighted by molar-refractivity contribution is 7.48. The first kappa shape index (κ1) is 17.7. The van der Waals surface area contributed by atoms with Crippen LogP contribution in [0.25, 0.3) is 0 Å². The zero-order valence-corrected chi connectivity index (χ0v) is 13.5. The summed E-state index contributed by atoms with van der Waals surface area (Å²) < 4.78 is 28.2. The summed E-state index contributed by atoms with van der Waals surface area (Å²) in [6.45, 7) is 0.844. The minimum atomic E-state index is -3.70. The van der Waals surface area contributed by atoms with Crippen LogP contribution in [0.1, 0.15) is 10.4 Å². The van der Waals surface area contributed by atoms with Gasteiger partial charge in [0.05, 0.1) is 26.7 Å². The molecule has 0 radical (unpaired) electrons. The largest absolute Gasteiger partial charge is 0.530 e. The summed E-state index contributed by atoms with van der Waals surface area (Å²) in [6.07, 6.45) is 0. The summed E-state index contributed by atoms with van der Waals surface area (Å²) in [7, 11) is 3.47. The van der Waals surface area contributed by atoms with Gasteiger partial charge in [-0.05, 0) is 24.3 Å². The third-order valence-corrected chi connectivity index (χ3v) is 3.93. The van der Waals surface area contributed by atoms with Crippen molar-refractivity contribution in [3.8, 4) is 5.75 Å². The van der Waals surface area contributed by atoms with E-state index in [1.165, 1.54) is 31.4 Å². The van der Waals surface area contributed by atoms with E-state index < -0.39 is 13.8 Å². The lowest BCUT2D eigenvalue weighted by atomic mass is 10.2. The van der Waals surface area contributed by atoms with E-state index in [1.54, 1.807) is 0 Å². The number of rotatable bonds is 8. The number of carboxylic acids is 1. The average molecular weight is 318 g/mol. The van der Waals surface area contributed by atoms with Gasteiger partial charge in [-0.1, -0.05) is 0 Å². The fourth-order valence-corrected chi connectivity index (χ4v) is 2.25. The fraction of sp³-hybridized carbons (Fsp3) is 0.462. The molecular weight excluding hydrogens is 297 g/mol. The van der Waals surface area contributed by atoms with Gasteiger partial charge in [0, 0.05) is 7.11 Å². The van der Waals surface area contributed by atoms with Crippen molar-refractivity contribution in [2.75, 3.05) is 41.4 Å². The highest BCUT2D eigenvalue weighted by Gasteiger charge is 2.27. The van der Waals surface area contributed by atoms with Crippen molar-refractivity contribution in [2.24, 2.45) is 0 Å². The molecule has 1 aromatic carbocycles. The Labute approximate surface area is 124 Å². The van der Waals surface area contributed by atoms with Gasteiger partial charge in [0.25, 0.3) is 0 Å². The van der Waals surface area contributed by atoms with Crippen molar-refractivity contribution in [1.29, 1.82) is 0 Å². The Hall–Kier alpha value is -1.40. The van der Waals surface area contributed by atoms with E-state index in [1.807, 2.05) is 21.1 Å². The Kier molecular flexibility index (Phi) is 5.92. The van der Waals surface area contributed by atoms with Gasteiger partial charge in [-0.3, -0.25) is 9.05 Å². The Morgan fingerprint density at radius 3 is 2.24 bits per heavy atom. The number of nitrogens with zero attached hydrogens (tertiary/aromatic N) is 1. The molecule has 1 aromatic rings. The standard InChI is InChI=1S/C13H20NO6P/c1-14(2,3)9-10-19-21(17,18-4)20-12-7-5-11(6-8-12)13(15)16/h5-8H,9-10H2,1-4H3/p+1. The number of carbonyl (C=O) groups is 1. The molecule has 0 fully saturated rings. The lowest BCUT2D eigenvalue weighted by molar-refractivity contribution is -0.870. The quantitative estimate of drug-likeness (QED) is 0.585. The van der Waals surface area contributed by atoms with E-state index in [9.17, 15) is 9.36 Å². The van der Waals surface area contributed by atoms with Crippen LogP contribution in [0, 0.1) is 0 Å². The Morgan fingerprint density at radius 1 is 1.24 bits per heavy atom. The Bertz CT molecular complexity index is 522. The summed E-state index contributed by atoms with van der Waals surface area (Å²) >= 11 is 0. The van der Waals surface area contributed by atoms with E-state index in [4.69, 9.17) is 18.7 Å². The molecule has 0 amide bonds. The highest BCUT2D eigenvalue weighted by Crippen LogP contribution is 2.48. The summed E-state index contributed by atoms with van der Waals surface area (Å²) in [5, 5.41) is 8.80. The molecule has 7 nitrogen and oxygen atoms in total. The van der Waals surface area contributed by atoms with Crippen LogP contribution in [0.5, 0.6) is 5.75 Å². The monoisotopic (exact) mass is 318 g/mol. The molecule has 0 aliphatic rings. The lowest BCUT2D eigenvalue weighted by Gasteiger charge is -2.24. The maximum Gasteiger partial charge on any atom is 0.530 e. The second kappa shape index (κ2) is 7.04. The van der Waals surface area contributed by atoms with E-state index in [-0.39, 0.29) is 17.9 Å². The Balaban J connectivity index is 2.67. The second-order valence-electron chi connectivity index (χ2n) is 5.40. The molecule has 0 spiro atoms. The summed E-state index contributed by atoms with van der Waals surface area (Å²) in [5.41, 5.74) is 0.112. The van der Waals surface area contributed by atoms with E-state index in [2.05, 4.69) is 0 Å². The normalized spacial score (nSPS) is 14.5. The molecule has 0 saturated carbocycles. The van der Waals surface area contributed by atoms with Crippen molar-refractivity contribution in [1.82, 2.24) is 0 Å². The molecule has 0 aromatic heterocycles. The number of aromatic carboxylic acids is 1. The molecule has 1 unspecified atom stereocenters. The smallest absolute Gasteiger partial charge is 0.478 e. The van der Waals surface area contributed by atoms with Crippen molar-refractivity contribution < 1.29 is 32.5 Å². The van der Waals surface area contributed by atoms with Crippen LogP contribution in [0.15, 0.2) is 24.3 Å². The van der Waals surface area contributed by atoms with Crippen LogP contribution in [0.2, 0.25) is 0 Å². The van der Waals surface area contributed by atoms with Crippen molar-refractivity contribution in [3.63, 3.8) is 0 Å². The molecule has 0 aliphatic carbocycles. The van der Waals surface area contributed by atoms with E-state index >= 15 is 0 Å². The van der Waals surface area contributed by atoms with Crippen LogP contribution >= 0.6 is 7.82 Å². The number of hydrogen-bond donors (Lipinski definition) is 1. The molecule has 118 valence electrons. The minimum absolute atomic E-state index is 0.112. The second-order valence-corrected chi connectivity index (χ2v) is 7.10. The third kappa shape index (κ3) is 6.27. The number of quaternary nitrogens is 1. The predicted molar refractivity (Wildman–Crippen MR) is 77.5 cm³/mol. The molecule has 0 bridgehead atoms. The minimum Gasteiger partial charge on any atom is -0.478 e. The first-order valence-electron chi connectivity index (χ1n) is 6.29. The average Bonchev–Trinajstić information content (AvgIpc) is 2.37. The maximum absolute atomic E-state index is 12.3. The highest BCUT2D eigenvalue weighted by atomic mass is 31.2. The van der Waals surface area contributed by atoms with Crippen molar-refractivity contribution in [3.05, 3.63) is 29.8 Å². The fourth-order valence-electron chi connectivity index (χ4n) is 1.33. The number of phosphoric ester groups is 1. The summed E-state index contributed by atoms with van der Waals surface area (Å²) in [6, 6.07) is 5.50. The molecule has 0 saturated heterocycles. The van der Waals surface area contributed by atoms with Gasteiger partial charge in [0.1, 0.15) is 18.9 Å². The van der Waals surface area contributed by atoms with Crippen LogP contribution in [0.4, 0.5) is 0 Å². The number of carboxylic acid groups (broad SMARTS) is 1. The van der Waals surface area contributed by atoms with Crippen molar-refractivity contribution >= 4 is 13.8 Å².